The van der Waals surface area contributed by atoms with E-state index >= 15 is 0 Å². The van der Waals surface area contributed by atoms with Gasteiger partial charge in [-0.3, -0.25) is 9.59 Å². The number of nitrogens with one attached hydrogen (secondary N) is 2. The van der Waals surface area contributed by atoms with Crippen LogP contribution in [0.25, 0.3) is 11.0 Å². The lowest BCUT2D eigenvalue weighted by atomic mass is 10.1. The Morgan fingerprint density at radius 3 is 2.42 bits per heavy atom. The van der Waals surface area contributed by atoms with Gasteiger partial charge >= 0.3 is 0 Å². The Bertz CT molecular complexity index is 1310. The smallest absolute Gasteiger partial charge is 0.291 e. The van der Waals surface area contributed by atoms with Crippen LogP contribution in [-0.4, -0.2) is 54.9 Å². The van der Waals surface area contributed by atoms with Gasteiger partial charge in [0, 0.05) is 50.0 Å². The SMILES string of the molecule is CN1CCN(c2ccc(CNC(=O)Cc3ccc(NC(=O)c4cc5ccccc5o4)cc3)cn2)CC1. The summed E-state index contributed by atoms with van der Waals surface area (Å²) in [5.74, 6) is 0.845. The average Bonchev–Trinajstić information content (AvgIpc) is 3.34. The van der Waals surface area contributed by atoms with Crippen molar-refractivity contribution in [2.24, 2.45) is 0 Å². The zero-order valence-electron chi connectivity index (χ0n) is 20.2. The molecule has 2 N–H and O–H groups in total. The largest absolute Gasteiger partial charge is 0.451 e. The van der Waals surface area contributed by atoms with Crippen LogP contribution in [0.1, 0.15) is 21.7 Å². The van der Waals surface area contributed by atoms with Crippen molar-refractivity contribution in [2.45, 2.75) is 13.0 Å². The minimum atomic E-state index is -0.316. The number of nitrogens with zero attached hydrogens (tertiary/aromatic N) is 3. The Balaban J connectivity index is 1.09. The highest BCUT2D eigenvalue weighted by Crippen LogP contribution is 2.20. The predicted octanol–water partition coefficient (Wildman–Crippen LogP) is 3.69. The van der Waals surface area contributed by atoms with E-state index in [4.69, 9.17) is 4.42 Å². The maximum absolute atomic E-state index is 12.5. The molecule has 2 aromatic carbocycles. The second-order valence-electron chi connectivity index (χ2n) is 9.07. The molecule has 1 aliphatic rings. The second kappa shape index (κ2) is 10.6. The van der Waals surface area contributed by atoms with Crippen LogP contribution in [-0.2, 0) is 17.8 Å². The van der Waals surface area contributed by atoms with E-state index in [1.165, 1.54) is 0 Å². The molecule has 0 atom stereocenters. The van der Waals surface area contributed by atoms with Gasteiger partial charge in [0.25, 0.3) is 5.91 Å². The molecule has 1 aliphatic heterocycles. The zero-order chi connectivity index (χ0) is 24.9. The molecule has 0 spiro atoms. The van der Waals surface area contributed by atoms with Crippen molar-refractivity contribution >= 4 is 34.3 Å². The van der Waals surface area contributed by atoms with Crippen molar-refractivity contribution in [3.8, 4) is 0 Å². The quantitative estimate of drug-likeness (QED) is 0.417. The van der Waals surface area contributed by atoms with E-state index in [2.05, 4.69) is 32.5 Å². The van der Waals surface area contributed by atoms with E-state index in [-0.39, 0.29) is 24.0 Å². The number of likely N-dealkylation sites (N-methyl/N-ethyl adjacent to an activating group) is 1. The third kappa shape index (κ3) is 5.72. The zero-order valence-corrected chi connectivity index (χ0v) is 20.2. The lowest BCUT2D eigenvalue weighted by molar-refractivity contribution is -0.120. The van der Waals surface area contributed by atoms with E-state index in [1.54, 1.807) is 18.2 Å². The topological polar surface area (TPSA) is 90.7 Å². The van der Waals surface area contributed by atoms with Crippen LogP contribution < -0.4 is 15.5 Å². The summed E-state index contributed by atoms with van der Waals surface area (Å²) in [4.78, 5) is 34.1. The van der Waals surface area contributed by atoms with Crippen LogP contribution in [0.15, 0.2) is 77.3 Å². The van der Waals surface area contributed by atoms with Gasteiger partial charge in [-0.25, -0.2) is 4.98 Å². The molecular formula is C28H29N5O3. The highest BCUT2D eigenvalue weighted by molar-refractivity contribution is 6.04. The molecule has 184 valence electrons. The molecule has 0 saturated carbocycles. The predicted molar refractivity (Wildman–Crippen MR) is 140 cm³/mol. The van der Waals surface area contributed by atoms with Gasteiger partial charge < -0.3 is 24.9 Å². The van der Waals surface area contributed by atoms with Crippen molar-refractivity contribution in [3.05, 3.63) is 89.8 Å². The number of para-hydroxylation sites is 1. The Hall–Kier alpha value is -4.17. The fourth-order valence-electron chi connectivity index (χ4n) is 4.18. The van der Waals surface area contributed by atoms with E-state index in [9.17, 15) is 9.59 Å². The van der Waals surface area contributed by atoms with E-state index in [0.29, 0.717) is 17.8 Å². The van der Waals surface area contributed by atoms with E-state index < -0.39 is 0 Å². The fraction of sp³-hybridized carbons (Fsp3) is 0.250. The Labute approximate surface area is 209 Å². The standard InChI is InChI=1S/C28H29N5O3/c1-32-12-14-33(15-13-32)26-11-8-21(18-29-26)19-30-27(34)16-20-6-9-23(10-7-20)31-28(35)25-17-22-4-2-3-5-24(22)36-25/h2-11,17-18H,12-16,19H2,1H3,(H,30,34)(H,31,35). The van der Waals surface area contributed by atoms with Gasteiger partial charge in [0.15, 0.2) is 5.76 Å². The van der Waals surface area contributed by atoms with Crippen LogP contribution in [0.5, 0.6) is 0 Å². The number of carbonyl (C=O) groups is 2. The van der Waals surface area contributed by atoms with Crippen molar-refractivity contribution in [1.82, 2.24) is 15.2 Å². The van der Waals surface area contributed by atoms with Gasteiger partial charge in [-0.15, -0.1) is 0 Å². The minimum Gasteiger partial charge on any atom is -0.451 e. The van der Waals surface area contributed by atoms with Crippen LogP contribution in [0.3, 0.4) is 0 Å². The number of amides is 2. The van der Waals surface area contributed by atoms with Crippen LogP contribution >= 0.6 is 0 Å². The van der Waals surface area contributed by atoms with Crippen LogP contribution in [0.4, 0.5) is 11.5 Å². The Morgan fingerprint density at radius 2 is 1.69 bits per heavy atom. The normalized spacial score (nSPS) is 14.1. The van der Waals surface area contributed by atoms with Gasteiger partial charge in [0.2, 0.25) is 5.91 Å². The number of furan rings is 1. The molecule has 36 heavy (non-hydrogen) atoms. The molecule has 0 radical (unpaired) electrons. The minimum absolute atomic E-state index is 0.0720. The van der Waals surface area contributed by atoms with Crippen molar-refractivity contribution < 1.29 is 14.0 Å². The maximum Gasteiger partial charge on any atom is 0.291 e. The highest BCUT2D eigenvalue weighted by Gasteiger charge is 2.15. The van der Waals surface area contributed by atoms with E-state index in [1.807, 2.05) is 54.7 Å². The molecule has 3 heterocycles. The van der Waals surface area contributed by atoms with Crippen molar-refractivity contribution in [3.63, 3.8) is 0 Å². The van der Waals surface area contributed by atoms with Gasteiger partial charge in [0.1, 0.15) is 11.4 Å². The molecule has 0 aliphatic carbocycles. The summed E-state index contributed by atoms with van der Waals surface area (Å²) in [6, 6.07) is 20.5. The molecular weight excluding hydrogens is 454 g/mol. The number of carbonyl (C=O) groups excluding carboxylic acids is 2. The summed E-state index contributed by atoms with van der Waals surface area (Å²) in [6.07, 6.45) is 2.08. The molecule has 5 rings (SSSR count). The molecule has 1 saturated heterocycles. The number of aromatic nitrogens is 1. The Kier molecular flexibility index (Phi) is 6.95. The molecule has 8 heteroatoms. The summed E-state index contributed by atoms with van der Waals surface area (Å²) in [5, 5.41) is 6.66. The number of benzene rings is 2. The summed E-state index contributed by atoms with van der Waals surface area (Å²) in [6.45, 7) is 4.45. The monoisotopic (exact) mass is 483 g/mol. The van der Waals surface area contributed by atoms with Crippen molar-refractivity contribution in [1.29, 1.82) is 0 Å². The fourth-order valence-corrected chi connectivity index (χ4v) is 4.18. The lowest BCUT2D eigenvalue weighted by Gasteiger charge is -2.33. The third-order valence-electron chi connectivity index (χ3n) is 6.35. The third-order valence-corrected chi connectivity index (χ3v) is 6.35. The number of fused-ring (bicyclic) bond motifs is 1. The Morgan fingerprint density at radius 1 is 0.944 bits per heavy atom. The number of hydrogen-bond acceptors (Lipinski definition) is 6. The van der Waals surface area contributed by atoms with Gasteiger partial charge in [-0.2, -0.15) is 0 Å². The number of piperazine rings is 1. The molecule has 1 fully saturated rings. The number of anilines is 2. The van der Waals surface area contributed by atoms with Gasteiger partial charge in [-0.1, -0.05) is 36.4 Å². The highest BCUT2D eigenvalue weighted by atomic mass is 16.3. The molecule has 2 aromatic heterocycles. The first-order chi connectivity index (χ1) is 17.5. The van der Waals surface area contributed by atoms with Crippen LogP contribution in [0.2, 0.25) is 0 Å². The van der Waals surface area contributed by atoms with E-state index in [0.717, 1.165) is 48.5 Å². The molecule has 2 amide bonds. The van der Waals surface area contributed by atoms with Gasteiger partial charge in [0.05, 0.1) is 6.42 Å². The maximum atomic E-state index is 12.5. The first kappa shape index (κ1) is 23.6. The van der Waals surface area contributed by atoms with Crippen LogP contribution in [0, 0.1) is 0 Å². The summed E-state index contributed by atoms with van der Waals surface area (Å²) in [7, 11) is 2.13. The molecule has 8 nitrogen and oxygen atoms in total. The van der Waals surface area contributed by atoms with Gasteiger partial charge in [-0.05, 0) is 48.5 Å². The summed E-state index contributed by atoms with van der Waals surface area (Å²) in [5.41, 5.74) is 3.13. The number of hydrogen-bond donors (Lipinski definition) is 2. The van der Waals surface area contributed by atoms with Crippen molar-refractivity contribution in [2.75, 3.05) is 43.4 Å². The second-order valence-corrected chi connectivity index (χ2v) is 9.07. The lowest BCUT2D eigenvalue weighted by Crippen LogP contribution is -2.44. The first-order valence-electron chi connectivity index (χ1n) is 12.1. The first-order valence-corrected chi connectivity index (χ1v) is 12.1. The molecule has 0 unspecified atom stereocenters. The number of pyridine rings is 1. The summed E-state index contributed by atoms with van der Waals surface area (Å²) < 4.78 is 5.61. The molecule has 0 bridgehead atoms. The number of rotatable bonds is 7. The summed E-state index contributed by atoms with van der Waals surface area (Å²) >= 11 is 0. The molecule has 4 aromatic rings. The average molecular weight is 484 g/mol.